The maximum absolute atomic E-state index is 5.47. The molecule has 0 aliphatic heterocycles. The molecule has 0 radical (unpaired) electrons. The molecule has 0 bridgehead atoms. The Morgan fingerprint density at radius 3 is 2.81 bits per heavy atom. The summed E-state index contributed by atoms with van der Waals surface area (Å²) in [6, 6.07) is 3.96. The monoisotopic (exact) mass is 224 g/mol. The summed E-state index contributed by atoms with van der Waals surface area (Å²) in [6.07, 6.45) is 1.79. The fourth-order valence-electron chi connectivity index (χ4n) is 1.29. The number of nitrogens with zero attached hydrogens (tertiary/aromatic N) is 1. The molecule has 0 amide bonds. The van der Waals surface area contributed by atoms with E-state index < -0.39 is 0 Å². The number of aromatic nitrogens is 1. The summed E-state index contributed by atoms with van der Waals surface area (Å²) in [7, 11) is 0. The van der Waals surface area contributed by atoms with Crippen molar-refractivity contribution < 1.29 is 9.47 Å². The molecule has 1 aromatic rings. The van der Waals surface area contributed by atoms with E-state index in [4.69, 9.17) is 9.47 Å². The molecule has 16 heavy (non-hydrogen) atoms. The zero-order valence-corrected chi connectivity index (χ0v) is 10.0. The topological polar surface area (TPSA) is 43.4 Å². The molecule has 1 aromatic heterocycles. The zero-order chi connectivity index (χ0) is 11.6. The third-order valence-corrected chi connectivity index (χ3v) is 2.03. The summed E-state index contributed by atoms with van der Waals surface area (Å²) < 4.78 is 10.7. The van der Waals surface area contributed by atoms with Crippen LogP contribution in [0.5, 0.6) is 0 Å². The third-order valence-electron chi connectivity index (χ3n) is 2.03. The number of rotatable bonds is 8. The number of anilines is 1. The first-order valence-corrected chi connectivity index (χ1v) is 5.71. The Morgan fingerprint density at radius 2 is 2.06 bits per heavy atom. The van der Waals surface area contributed by atoms with Gasteiger partial charge in [0, 0.05) is 19.3 Å². The smallest absolute Gasteiger partial charge is 0.126 e. The molecule has 0 saturated heterocycles. The quantitative estimate of drug-likeness (QED) is 0.686. The molecule has 1 N–H and O–H groups in total. The van der Waals surface area contributed by atoms with E-state index in [0.29, 0.717) is 19.8 Å². The molecule has 0 atom stereocenters. The molecular formula is C12H20N2O2. The van der Waals surface area contributed by atoms with Crippen molar-refractivity contribution in [3.05, 3.63) is 23.9 Å². The van der Waals surface area contributed by atoms with E-state index in [1.165, 1.54) is 0 Å². The van der Waals surface area contributed by atoms with Gasteiger partial charge in [0.05, 0.1) is 19.8 Å². The van der Waals surface area contributed by atoms with Gasteiger partial charge in [-0.25, -0.2) is 4.98 Å². The molecule has 0 unspecified atom stereocenters. The summed E-state index contributed by atoms with van der Waals surface area (Å²) in [4.78, 5) is 4.20. The minimum atomic E-state index is 0.605. The van der Waals surface area contributed by atoms with Crippen molar-refractivity contribution in [2.24, 2.45) is 0 Å². The third kappa shape index (κ3) is 5.09. The van der Waals surface area contributed by atoms with Gasteiger partial charge in [0.2, 0.25) is 0 Å². The molecule has 4 heteroatoms. The van der Waals surface area contributed by atoms with E-state index in [-0.39, 0.29) is 0 Å². The van der Waals surface area contributed by atoms with E-state index >= 15 is 0 Å². The highest BCUT2D eigenvalue weighted by atomic mass is 16.5. The van der Waals surface area contributed by atoms with Crippen LogP contribution in [-0.2, 0) is 16.1 Å². The average Bonchev–Trinajstić information content (AvgIpc) is 2.30. The highest BCUT2D eigenvalue weighted by Crippen LogP contribution is 2.07. The van der Waals surface area contributed by atoms with Gasteiger partial charge in [-0.05, 0) is 31.5 Å². The second-order valence-electron chi connectivity index (χ2n) is 3.33. The van der Waals surface area contributed by atoms with Crippen LogP contribution in [0.4, 0.5) is 5.82 Å². The summed E-state index contributed by atoms with van der Waals surface area (Å²) in [5.41, 5.74) is 1.13. The molecule has 4 nitrogen and oxygen atoms in total. The molecule has 0 aromatic carbocycles. The number of ether oxygens (including phenoxy) is 2. The molecule has 1 heterocycles. The van der Waals surface area contributed by atoms with Gasteiger partial charge in [0.25, 0.3) is 0 Å². The Kier molecular flexibility index (Phi) is 6.53. The number of pyridine rings is 1. The predicted molar refractivity (Wildman–Crippen MR) is 64.5 cm³/mol. The van der Waals surface area contributed by atoms with Crippen LogP contribution in [0.15, 0.2) is 18.3 Å². The average molecular weight is 224 g/mol. The molecule has 0 fully saturated rings. The highest BCUT2D eigenvalue weighted by Gasteiger charge is 1.96. The van der Waals surface area contributed by atoms with Crippen molar-refractivity contribution in [1.82, 2.24) is 4.98 Å². The minimum Gasteiger partial charge on any atom is -0.379 e. The predicted octanol–water partition coefficient (Wildman–Crippen LogP) is 2.07. The van der Waals surface area contributed by atoms with Gasteiger partial charge in [-0.2, -0.15) is 0 Å². The molecule has 90 valence electrons. The molecule has 0 saturated carbocycles. The minimum absolute atomic E-state index is 0.605. The van der Waals surface area contributed by atoms with Crippen molar-refractivity contribution in [3.8, 4) is 0 Å². The van der Waals surface area contributed by atoms with Crippen LogP contribution in [0.25, 0.3) is 0 Å². The second kappa shape index (κ2) is 8.07. The first-order valence-electron chi connectivity index (χ1n) is 5.71. The van der Waals surface area contributed by atoms with Crippen LogP contribution in [-0.4, -0.2) is 31.3 Å². The fraction of sp³-hybridized carbons (Fsp3) is 0.583. The van der Waals surface area contributed by atoms with Gasteiger partial charge >= 0.3 is 0 Å². The highest BCUT2D eigenvalue weighted by molar-refractivity contribution is 5.36. The van der Waals surface area contributed by atoms with Crippen molar-refractivity contribution >= 4 is 5.82 Å². The summed E-state index contributed by atoms with van der Waals surface area (Å²) >= 11 is 0. The van der Waals surface area contributed by atoms with Crippen molar-refractivity contribution in [3.63, 3.8) is 0 Å². The molecule has 1 rings (SSSR count). The Bertz CT molecular complexity index is 292. The van der Waals surface area contributed by atoms with Crippen molar-refractivity contribution in [1.29, 1.82) is 0 Å². The van der Waals surface area contributed by atoms with Crippen LogP contribution < -0.4 is 5.32 Å². The molecule has 0 spiro atoms. The maximum Gasteiger partial charge on any atom is 0.126 e. The zero-order valence-electron chi connectivity index (χ0n) is 10.0. The van der Waals surface area contributed by atoms with E-state index in [9.17, 15) is 0 Å². The maximum atomic E-state index is 5.47. The summed E-state index contributed by atoms with van der Waals surface area (Å²) in [5, 5.41) is 3.17. The van der Waals surface area contributed by atoms with Gasteiger partial charge in [-0.1, -0.05) is 0 Å². The number of hydrogen-bond donors (Lipinski definition) is 1. The SMILES string of the molecule is CCNc1cc(COCCOCC)ccn1. The van der Waals surface area contributed by atoms with Crippen LogP contribution in [0, 0.1) is 0 Å². The van der Waals surface area contributed by atoms with E-state index in [2.05, 4.69) is 10.3 Å². The standard InChI is InChI=1S/C12H20N2O2/c1-3-13-12-9-11(5-6-14-12)10-16-8-7-15-4-2/h5-6,9H,3-4,7-8,10H2,1-2H3,(H,13,14). The van der Waals surface area contributed by atoms with Gasteiger partial charge < -0.3 is 14.8 Å². The number of hydrogen-bond acceptors (Lipinski definition) is 4. The lowest BCUT2D eigenvalue weighted by molar-refractivity contribution is 0.0453. The summed E-state index contributed by atoms with van der Waals surface area (Å²) in [6.45, 7) is 7.53. The van der Waals surface area contributed by atoms with Gasteiger partial charge in [-0.3, -0.25) is 0 Å². The van der Waals surface area contributed by atoms with Crippen molar-refractivity contribution in [2.75, 3.05) is 31.7 Å². The van der Waals surface area contributed by atoms with E-state index in [0.717, 1.165) is 24.5 Å². The second-order valence-corrected chi connectivity index (χ2v) is 3.33. The lowest BCUT2D eigenvalue weighted by Crippen LogP contribution is -2.05. The summed E-state index contributed by atoms with van der Waals surface area (Å²) in [5.74, 6) is 0.897. The molecular weight excluding hydrogens is 204 g/mol. The largest absolute Gasteiger partial charge is 0.379 e. The first-order chi connectivity index (χ1) is 7.86. The van der Waals surface area contributed by atoms with Crippen LogP contribution >= 0.6 is 0 Å². The van der Waals surface area contributed by atoms with Crippen LogP contribution in [0.2, 0.25) is 0 Å². The van der Waals surface area contributed by atoms with E-state index in [1.54, 1.807) is 6.20 Å². The van der Waals surface area contributed by atoms with Gasteiger partial charge in [0.15, 0.2) is 0 Å². The van der Waals surface area contributed by atoms with Crippen molar-refractivity contribution in [2.45, 2.75) is 20.5 Å². The molecule has 0 aliphatic carbocycles. The van der Waals surface area contributed by atoms with Crippen LogP contribution in [0.3, 0.4) is 0 Å². The number of nitrogens with one attached hydrogen (secondary N) is 1. The Morgan fingerprint density at radius 1 is 1.25 bits per heavy atom. The Hall–Kier alpha value is -1.13. The fourth-order valence-corrected chi connectivity index (χ4v) is 1.29. The lowest BCUT2D eigenvalue weighted by atomic mass is 10.3. The normalized spacial score (nSPS) is 10.4. The van der Waals surface area contributed by atoms with Gasteiger partial charge in [-0.15, -0.1) is 0 Å². The van der Waals surface area contributed by atoms with E-state index in [1.807, 2.05) is 26.0 Å². The van der Waals surface area contributed by atoms with Crippen LogP contribution in [0.1, 0.15) is 19.4 Å². The first kappa shape index (κ1) is 12.9. The Balaban J connectivity index is 2.27. The lowest BCUT2D eigenvalue weighted by Gasteiger charge is -2.06. The van der Waals surface area contributed by atoms with Gasteiger partial charge in [0.1, 0.15) is 5.82 Å². The molecule has 0 aliphatic rings. The Labute approximate surface area is 97.0 Å².